The van der Waals surface area contributed by atoms with E-state index in [-0.39, 0.29) is 11.8 Å². The Bertz CT molecular complexity index is 639. The molecule has 6 nitrogen and oxygen atoms in total. The van der Waals surface area contributed by atoms with Gasteiger partial charge in [-0.1, -0.05) is 38.5 Å². The van der Waals surface area contributed by atoms with Gasteiger partial charge in [-0.05, 0) is 61.8 Å². The normalized spacial score (nSPS) is 19.1. The summed E-state index contributed by atoms with van der Waals surface area (Å²) in [6.45, 7) is 0. The molecule has 0 aromatic heterocycles. The second-order valence-corrected chi connectivity index (χ2v) is 7.81. The number of benzene rings is 1. The van der Waals surface area contributed by atoms with E-state index in [4.69, 9.17) is 0 Å². The van der Waals surface area contributed by atoms with Crippen LogP contribution in [0.4, 0.5) is 0 Å². The van der Waals surface area contributed by atoms with Crippen molar-refractivity contribution >= 4 is 24.2 Å². The van der Waals surface area contributed by atoms with Gasteiger partial charge in [0.2, 0.25) is 0 Å². The number of hydrogen-bond donors (Lipinski definition) is 2. The first-order valence-corrected chi connectivity index (χ1v) is 10.5. The second-order valence-electron chi connectivity index (χ2n) is 7.81. The van der Waals surface area contributed by atoms with Crippen LogP contribution >= 0.6 is 0 Å². The zero-order chi connectivity index (χ0) is 19.6. The van der Waals surface area contributed by atoms with Crippen LogP contribution in [0.25, 0.3) is 0 Å². The Labute approximate surface area is 166 Å². The number of nitrogens with zero attached hydrogens (tertiary/aromatic N) is 2. The van der Waals surface area contributed by atoms with Gasteiger partial charge in [0.15, 0.2) is 0 Å². The lowest BCUT2D eigenvalue weighted by atomic mass is 9.90. The van der Waals surface area contributed by atoms with Crippen molar-refractivity contribution in [1.82, 2.24) is 10.9 Å². The van der Waals surface area contributed by atoms with Crippen LogP contribution in [0, 0.1) is 11.8 Å². The molecular weight excluding hydrogens is 352 g/mol. The van der Waals surface area contributed by atoms with Gasteiger partial charge in [0.1, 0.15) is 0 Å². The summed E-state index contributed by atoms with van der Waals surface area (Å²) in [5.74, 6) is 0.396. The Morgan fingerprint density at radius 1 is 0.679 bits per heavy atom. The summed E-state index contributed by atoms with van der Waals surface area (Å²) in [5, 5.41) is 8.18. The Kier molecular flexibility index (Phi) is 7.76. The zero-order valence-electron chi connectivity index (χ0n) is 16.4. The maximum atomic E-state index is 12.2. The van der Waals surface area contributed by atoms with Crippen molar-refractivity contribution in [2.24, 2.45) is 22.0 Å². The lowest BCUT2D eigenvalue weighted by Gasteiger charge is -2.16. The van der Waals surface area contributed by atoms with Gasteiger partial charge >= 0.3 is 0 Å². The van der Waals surface area contributed by atoms with Crippen LogP contribution in [-0.2, 0) is 0 Å². The fourth-order valence-corrected chi connectivity index (χ4v) is 3.87. The van der Waals surface area contributed by atoms with Crippen LogP contribution in [0.3, 0.4) is 0 Å². The molecule has 2 aliphatic rings. The van der Waals surface area contributed by atoms with Crippen LogP contribution < -0.4 is 10.9 Å². The van der Waals surface area contributed by atoms with E-state index in [0.29, 0.717) is 23.0 Å². The third-order valence-corrected chi connectivity index (χ3v) is 5.61. The van der Waals surface area contributed by atoms with E-state index in [0.717, 1.165) is 25.7 Å². The lowest BCUT2D eigenvalue weighted by molar-refractivity contribution is 0.0943. The first-order valence-electron chi connectivity index (χ1n) is 10.5. The number of carbonyl (C=O) groups excluding carboxylic acids is 2. The molecule has 150 valence electrons. The SMILES string of the molecule is O=C(N/N=C/C1CCCCC1)c1ccc(C(=O)N/N=C/C2CCCCC2)cc1. The standard InChI is InChI=1S/C22H30N4O2/c27-21(25-23-15-17-7-3-1-4-8-17)19-11-13-20(14-12-19)22(28)26-24-16-18-9-5-2-6-10-18/h11-18H,1-10H2,(H,25,27)(H,26,28)/b23-15+,24-16+. The van der Waals surface area contributed by atoms with Gasteiger partial charge in [0.25, 0.3) is 11.8 Å². The minimum Gasteiger partial charge on any atom is -0.267 e. The number of amides is 2. The molecule has 0 atom stereocenters. The van der Waals surface area contributed by atoms with E-state index in [9.17, 15) is 9.59 Å². The van der Waals surface area contributed by atoms with E-state index in [2.05, 4.69) is 21.1 Å². The quantitative estimate of drug-likeness (QED) is 0.569. The van der Waals surface area contributed by atoms with Gasteiger partial charge in [-0.3, -0.25) is 9.59 Å². The van der Waals surface area contributed by atoms with Crippen molar-refractivity contribution in [3.63, 3.8) is 0 Å². The molecule has 0 aliphatic heterocycles. The number of nitrogens with one attached hydrogen (secondary N) is 2. The largest absolute Gasteiger partial charge is 0.271 e. The summed E-state index contributed by atoms with van der Waals surface area (Å²) in [7, 11) is 0. The molecule has 6 heteroatoms. The molecule has 0 bridgehead atoms. The molecule has 2 amide bonds. The molecule has 1 aromatic carbocycles. The highest BCUT2D eigenvalue weighted by molar-refractivity contribution is 5.98. The molecule has 3 rings (SSSR count). The highest BCUT2D eigenvalue weighted by atomic mass is 16.2. The lowest BCUT2D eigenvalue weighted by Crippen LogP contribution is -2.21. The molecule has 0 radical (unpaired) electrons. The maximum absolute atomic E-state index is 12.2. The van der Waals surface area contributed by atoms with Gasteiger partial charge in [0.05, 0.1) is 0 Å². The monoisotopic (exact) mass is 382 g/mol. The minimum atomic E-state index is -0.269. The summed E-state index contributed by atoms with van der Waals surface area (Å²) in [6, 6.07) is 6.52. The Morgan fingerprint density at radius 2 is 1.04 bits per heavy atom. The van der Waals surface area contributed by atoms with Crippen LogP contribution in [0.1, 0.15) is 84.9 Å². The molecule has 28 heavy (non-hydrogen) atoms. The molecule has 0 saturated heterocycles. The van der Waals surface area contributed by atoms with Crippen LogP contribution in [0.15, 0.2) is 34.5 Å². The van der Waals surface area contributed by atoms with Crippen molar-refractivity contribution in [3.05, 3.63) is 35.4 Å². The summed E-state index contributed by atoms with van der Waals surface area (Å²) in [6.07, 6.45) is 15.8. The van der Waals surface area contributed by atoms with E-state index in [1.54, 1.807) is 24.3 Å². The van der Waals surface area contributed by atoms with Crippen molar-refractivity contribution in [2.75, 3.05) is 0 Å². The number of rotatable bonds is 6. The highest BCUT2D eigenvalue weighted by Gasteiger charge is 2.13. The van der Waals surface area contributed by atoms with Gasteiger partial charge in [-0.25, -0.2) is 10.9 Å². The van der Waals surface area contributed by atoms with Gasteiger partial charge in [-0.2, -0.15) is 10.2 Å². The molecule has 0 spiro atoms. The minimum absolute atomic E-state index is 0.269. The average Bonchev–Trinajstić information content (AvgIpc) is 2.75. The fourth-order valence-electron chi connectivity index (χ4n) is 3.87. The van der Waals surface area contributed by atoms with Gasteiger partial charge < -0.3 is 0 Å². The van der Waals surface area contributed by atoms with E-state index in [1.807, 2.05) is 12.4 Å². The molecule has 0 unspecified atom stereocenters. The van der Waals surface area contributed by atoms with Crippen molar-refractivity contribution in [1.29, 1.82) is 0 Å². The Balaban J connectivity index is 1.45. The topological polar surface area (TPSA) is 82.9 Å². The van der Waals surface area contributed by atoms with Gasteiger partial charge in [0, 0.05) is 23.6 Å². The Hall–Kier alpha value is -2.50. The third kappa shape index (κ3) is 6.29. The van der Waals surface area contributed by atoms with Crippen molar-refractivity contribution in [3.8, 4) is 0 Å². The van der Waals surface area contributed by atoms with Crippen LogP contribution in [0.5, 0.6) is 0 Å². The van der Waals surface area contributed by atoms with Crippen molar-refractivity contribution < 1.29 is 9.59 Å². The second kappa shape index (κ2) is 10.7. The highest BCUT2D eigenvalue weighted by Crippen LogP contribution is 2.22. The zero-order valence-corrected chi connectivity index (χ0v) is 16.4. The van der Waals surface area contributed by atoms with E-state index < -0.39 is 0 Å². The van der Waals surface area contributed by atoms with E-state index >= 15 is 0 Å². The molecular formula is C22H30N4O2. The average molecular weight is 383 g/mol. The molecule has 2 saturated carbocycles. The molecule has 1 aromatic rings. The Morgan fingerprint density at radius 3 is 1.39 bits per heavy atom. The predicted molar refractivity (Wildman–Crippen MR) is 112 cm³/mol. The summed E-state index contributed by atoms with van der Waals surface area (Å²) in [5.41, 5.74) is 6.09. The smallest absolute Gasteiger partial charge is 0.267 e. The molecule has 2 N–H and O–H groups in total. The van der Waals surface area contributed by atoms with Crippen LogP contribution in [0.2, 0.25) is 0 Å². The first kappa shape index (κ1) is 20.2. The third-order valence-electron chi connectivity index (χ3n) is 5.61. The first-order chi connectivity index (χ1) is 13.7. The maximum Gasteiger partial charge on any atom is 0.271 e. The molecule has 0 heterocycles. The fraction of sp³-hybridized carbons (Fsp3) is 0.545. The predicted octanol–water partition coefficient (Wildman–Crippen LogP) is 4.28. The molecule has 2 aliphatic carbocycles. The van der Waals surface area contributed by atoms with Gasteiger partial charge in [-0.15, -0.1) is 0 Å². The van der Waals surface area contributed by atoms with E-state index in [1.165, 1.54) is 38.5 Å². The number of hydrazone groups is 2. The van der Waals surface area contributed by atoms with Crippen molar-refractivity contribution in [2.45, 2.75) is 64.2 Å². The summed E-state index contributed by atoms with van der Waals surface area (Å²) < 4.78 is 0. The summed E-state index contributed by atoms with van der Waals surface area (Å²) >= 11 is 0. The number of hydrogen-bond acceptors (Lipinski definition) is 4. The molecule has 2 fully saturated rings. The van der Waals surface area contributed by atoms with Crippen LogP contribution in [-0.4, -0.2) is 24.2 Å². The number of carbonyl (C=O) groups is 2. The summed E-state index contributed by atoms with van der Waals surface area (Å²) in [4.78, 5) is 24.3.